The van der Waals surface area contributed by atoms with Crippen LogP contribution in [0.4, 0.5) is 0 Å². The van der Waals surface area contributed by atoms with Crippen molar-refractivity contribution in [2.75, 3.05) is 13.2 Å². The highest BCUT2D eigenvalue weighted by Gasteiger charge is 2.19. The third-order valence-electron chi connectivity index (χ3n) is 13.4. The molecule has 0 saturated carbocycles. The predicted octanol–water partition coefficient (Wildman–Crippen LogP) is 18.6. The molecule has 0 bridgehead atoms. The lowest BCUT2D eigenvalue weighted by Crippen LogP contribution is -2.30. The van der Waals surface area contributed by atoms with Crippen LogP contribution in [0.25, 0.3) is 0 Å². The van der Waals surface area contributed by atoms with Gasteiger partial charge in [-0.1, -0.05) is 285 Å². The monoisotopic (exact) mass is 891 g/mol. The number of carbonyl (C=O) groups excluding carboxylic acids is 3. The van der Waals surface area contributed by atoms with Crippen molar-refractivity contribution in [2.24, 2.45) is 5.92 Å². The van der Waals surface area contributed by atoms with Crippen molar-refractivity contribution < 1.29 is 28.6 Å². The van der Waals surface area contributed by atoms with Crippen LogP contribution in [-0.2, 0) is 28.6 Å². The Morgan fingerprint density at radius 1 is 0.317 bits per heavy atom. The first-order valence-corrected chi connectivity index (χ1v) is 28.4. The summed E-state index contributed by atoms with van der Waals surface area (Å²) in [6.07, 6.45) is 55.1. The van der Waals surface area contributed by atoms with E-state index in [0.717, 1.165) is 63.7 Å². The quantitative estimate of drug-likeness (QED) is 0.0344. The maximum Gasteiger partial charge on any atom is 0.306 e. The third kappa shape index (κ3) is 49.7. The van der Waals surface area contributed by atoms with Gasteiger partial charge in [0.15, 0.2) is 6.10 Å². The number of hydrogen-bond acceptors (Lipinski definition) is 6. The lowest BCUT2D eigenvalue weighted by Gasteiger charge is -2.18. The van der Waals surface area contributed by atoms with Gasteiger partial charge in [-0.2, -0.15) is 0 Å². The van der Waals surface area contributed by atoms with E-state index in [9.17, 15) is 14.4 Å². The Kier molecular flexibility index (Phi) is 50.1. The van der Waals surface area contributed by atoms with Gasteiger partial charge >= 0.3 is 17.9 Å². The minimum absolute atomic E-state index is 0.0621. The zero-order valence-corrected chi connectivity index (χ0v) is 43.0. The van der Waals surface area contributed by atoms with Crippen LogP contribution >= 0.6 is 0 Å². The Morgan fingerprint density at radius 3 is 0.825 bits per heavy atom. The molecule has 0 saturated heterocycles. The molecule has 0 aromatic rings. The maximum absolute atomic E-state index is 12.8. The van der Waals surface area contributed by atoms with Gasteiger partial charge in [0.1, 0.15) is 13.2 Å². The van der Waals surface area contributed by atoms with Crippen LogP contribution in [0.3, 0.4) is 0 Å². The summed E-state index contributed by atoms with van der Waals surface area (Å²) in [5.41, 5.74) is 0. The summed E-state index contributed by atoms with van der Waals surface area (Å²) in [4.78, 5) is 38.1. The van der Waals surface area contributed by atoms with Crippen molar-refractivity contribution in [1.29, 1.82) is 0 Å². The Balaban J connectivity index is 4.30. The van der Waals surface area contributed by atoms with Crippen LogP contribution in [0.5, 0.6) is 0 Å². The number of rotatable bonds is 52. The van der Waals surface area contributed by atoms with Crippen LogP contribution in [0, 0.1) is 5.92 Å². The minimum Gasteiger partial charge on any atom is -0.462 e. The van der Waals surface area contributed by atoms with Gasteiger partial charge < -0.3 is 14.2 Å². The average molecular weight is 892 g/mol. The van der Waals surface area contributed by atoms with E-state index in [-0.39, 0.29) is 31.1 Å². The standard InChI is InChI=1S/C57H110O6/c1-5-8-10-12-14-16-18-20-22-23-24-26-27-32-36-40-44-48-55(58)61-51-54(63-57(60)50-46-42-38-34-28-25-21-19-17-15-13-11-9-6-2)52-62-56(59)49-45-41-37-33-30-29-31-35-39-43-47-53(4)7-3/h53-54H,5-52H2,1-4H3/t53?,54-/m1/s1. The summed E-state index contributed by atoms with van der Waals surface area (Å²) in [6.45, 7) is 9.07. The van der Waals surface area contributed by atoms with Gasteiger partial charge in [0.2, 0.25) is 0 Å². The summed E-state index contributed by atoms with van der Waals surface area (Å²) >= 11 is 0. The maximum atomic E-state index is 12.8. The summed E-state index contributed by atoms with van der Waals surface area (Å²) in [5, 5.41) is 0. The lowest BCUT2D eigenvalue weighted by atomic mass is 9.99. The molecule has 374 valence electrons. The van der Waals surface area contributed by atoms with Crippen LogP contribution in [0.15, 0.2) is 0 Å². The lowest BCUT2D eigenvalue weighted by molar-refractivity contribution is -0.167. The van der Waals surface area contributed by atoms with Crippen molar-refractivity contribution in [3.05, 3.63) is 0 Å². The van der Waals surface area contributed by atoms with Crippen LogP contribution in [0.2, 0.25) is 0 Å². The molecule has 63 heavy (non-hydrogen) atoms. The van der Waals surface area contributed by atoms with Crippen molar-refractivity contribution in [3.63, 3.8) is 0 Å². The van der Waals surface area contributed by atoms with Crippen molar-refractivity contribution in [2.45, 2.75) is 329 Å². The third-order valence-corrected chi connectivity index (χ3v) is 13.4. The number of esters is 3. The van der Waals surface area contributed by atoms with Gasteiger partial charge in [-0.15, -0.1) is 0 Å². The highest BCUT2D eigenvalue weighted by atomic mass is 16.6. The fourth-order valence-electron chi connectivity index (χ4n) is 8.72. The number of carbonyl (C=O) groups is 3. The van der Waals surface area contributed by atoms with Crippen LogP contribution in [0.1, 0.15) is 323 Å². The van der Waals surface area contributed by atoms with E-state index in [0.29, 0.717) is 19.3 Å². The molecule has 2 atom stereocenters. The summed E-state index contributed by atoms with van der Waals surface area (Å²) in [5.74, 6) is 0.0324. The zero-order chi connectivity index (χ0) is 45.9. The number of hydrogen-bond donors (Lipinski definition) is 0. The van der Waals surface area contributed by atoms with Crippen molar-refractivity contribution in [1.82, 2.24) is 0 Å². The van der Waals surface area contributed by atoms with Crippen molar-refractivity contribution >= 4 is 17.9 Å². The van der Waals surface area contributed by atoms with E-state index in [4.69, 9.17) is 14.2 Å². The largest absolute Gasteiger partial charge is 0.462 e. The molecule has 0 N–H and O–H groups in total. The van der Waals surface area contributed by atoms with Gasteiger partial charge in [0, 0.05) is 19.3 Å². The molecule has 0 radical (unpaired) electrons. The zero-order valence-electron chi connectivity index (χ0n) is 43.0. The van der Waals surface area contributed by atoms with E-state index in [1.54, 1.807) is 0 Å². The summed E-state index contributed by atoms with van der Waals surface area (Å²) in [6, 6.07) is 0. The van der Waals surface area contributed by atoms with Gasteiger partial charge in [-0.05, 0) is 25.2 Å². The molecule has 0 aromatic carbocycles. The van der Waals surface area contributed by atoms with Crippen LogP contribution in [-0.4, -0.2) is 37.2 Å². The molecule has 1 unspecified atom stereocenters. The van der Waals surface area contributed by atoms with E-state index in [1.807, 2.05) is 0 Å². The first-order valence-electron chi connectivity index (χ1n) is 28.4. The second-order valence-corrected chi connectivity index (χ2v) is 19.8. The van der Waals surface area contributed by atoms with E-state index in [1.165, 1.54) is 218 Å². The molecule has 0 amide bonds. The number of ether oxygens (including phenoxy) is 3. The van der Waals surface area contributed by atoms with E-state index in [2.05, 4.69) is 27.7 Å². The van der Waals surface area contributed by atoms with Crippen molar-refractivity contribution in [3.8, 4) is 0 Å². The van der Waals surface area contributed by atoms with Crippen LogP contribution < -0.4 is 0 Å². The van der Waals surface area contributed by atoms with Gasteiger partial charge in [0.05, 0.1) is 0 Å². The smallest absolute Gasteiger partial charge is 0.306 e. The molecular formula is C57H110O6. The molecular weight excluding hydrogens is 781 g/mol. The Morgan fingerprint density at radius 2 is 0.556 bits per heavy atom. The second-order valence-electron chi connectivity index (χ2n) is 19.8. The van der Waals surface area contributed by atoms with Gasteiger partial charge in [-0.3, -0.25) is 14.4 Å². The SMILES string of the molecule is CCCCCCCCCCCCCCCCCCCC(=O)OC[C@H](COC(=O)CCCCCCCCCCCCC(C)CC)OC(=O)CCCCCCCCCCCCCCCC. The summed E-state index contributed by atoms with van der Waals surface area (Å²) < 4.78 is 16.9. The predicted molar refractivity (Wildman–Crippen MR) is 270 cm³/mol. The molecule has 6 heteroatoms. The number of unbranched alkanes of at least 4 members (excludes halogenated alkanes) is 38. The highest BCUT2D eigenvalue weighted by Crippen LogP contribution is 2.18. The summed E-state index contributed by atoms with van der Waals surface area (Å²) in [7, 11) is 0. The molecule has 0 aliphatic carbocycles. The fourth-order valence-corrected chi connectivity index (χ4v) is 8.72. The van der Waals surface area contributed by atoms with Gasteiger partial charge in [-0.25, -0.2) is 0 Å². The Bertz CT molecular complexity index is 951. The normalized spacial score (nSPS) is 12.4. The second kappa shape index (κ2) is 51.4. The Labute approximate surface area is 393 Å². The molecule has 0 spiro atoms. The van der Waals surface area contributed by atoms with E-state index < -0.39 is 6.10 Å². The molecule has 0 aliphatic rings. The molecule has 0 heterocycles. The first-order chi connectivity index (χ1) is 30.9. The van der Waals surface area contributed by atoms with E-state index >= 15 is 0 Å². The molecule has 6 nitrogen and oxygen atoms in total. The Hall–Kier alpha value is -1.59. The molecule has 0 fully saturated rings. The highest BCUT2D eigenvalue weighted by molar-refractivity contribution is 5.71. The molecule has 0 aromatic heterocycles. The molecule has 0 rings (SSSR count). The topological polar surface area (TPSA) is 78.9 Å². The van der Waals surface area contributed by atoms with Gasteiger partial charge in [0.25, 0.3) is 0 Å². The fraction of sp³-hybridized carbons (Fsp3) is 0.947. The molecule has 0 aliphatic heterocycles. The first kappa shape index (κ1) is 61.4. The minimum atomic E-state index is -0.761. The average Bonchev–Trinajstić information content (AvgIpc) is 3.28.